The number of rotatable bonds is 8. The van der Waals surface area contributed by atoms with Crippen LogP contribution < -0.4 is 5.32 Å². The lowest BCUT2D eigenvalue weighted by Gasteiger charge is -2.17. The van der Waals surface area contributed by atoms with Crippen molar-refractivity contribution in [2.45, 2.75) is 32.6 Å². The molecule has 2 rings (SSSR count). The van der Waals surface area contributed by atoms with Gasteiger partial charge >= 0.3 is 0 Å². The number of ether oxygens (including phenoxy) is 1. The zero-order valence-corrected chi connectivity index (χ0v) is 12.6. The summed E-state index contributed by atoms with van der Waals surface area (Å²) in [7, 11) is 0. The highest BCUT2D eigenvalue weighted by Gasteiger charge is 2.09. The number of aryl methyl sites for hydroxylation is 1. The lowest BCUT2D eigenvalue weighted by Crippen LogP contribution is -2.32. The van der Waals surface area contributed by atoms with E-state index in [4.69, 9.17) is 9.15 Å². The number of aliphatic hydroxyl groups is 1. The molecule has 0 aliphatic heterocycles. The predicted molar refractivity (Wildman–Crippen MR) is 82.0 cm³/mol. The molecule has 114 valence electrons. The van der Waals surface area contributed by atoms with Crippen LogP contribution in [0.25, 0.3) is 0 Å². The average molecular weight is 289 g/mol. The monoisotopic (exact) mass is 289 g/mol. The van der Waals surface area contributed by atoms with E-state index in [1.54, 1.807) is 6.26 Å². The number of hydrogen-bond acceptors (Lipinski definition) is 4. The Labute approximate surface area is 125 Å². The fourth-order valence-electron chi connectivity index (χ4n) is 2.03. The smallest absolute Gasteiger partial charge is 0.129 e. The summed E-state index contributed by atoms with van der Waals surface area (Å²) in [5, 5.41) is 13.2. The molecule has 0 saturated heterocycles. The largest absolute Gasteiger partial charge is 0.467 e. The third-order valence-electron chi connectivity index (χ3n) is 3.37. The molecule has 0 amide bonds. The van der Waals surface area contributed by atoms with Crippen molar-refractivity contribution >= 4 is 0 Å². The Hall–Kier alpha value is -1.62. The van der Waals surface area contributed by atoms with Crippen molar-refractivity contribution < 1.29 is 14.3 Å². The lowest BCUT2D eigenvalue weighted by molar-refractivity contribution is 0.0217. The van der Waals surface area contributed by atoms with Gasteiger partial charge in [0.05, 0.1) is 19.0 Å². The zero-order chi connectivity index (χ0) is 15.1. The number of hydrogen-bond donors (Lipinski definition) is 2. The van der Waals surface area contributed by atoms with Crippen LogP contribution in [-0.2, 0) is 11.3 Å². The Kier molecular flexibility index (Phi) is 5.99. The van der Waals surface area contributed by atoms with E-state index in [1.165, 1.54) is 11.1 Å². The standard InChI is InChI=1S/C17H23NO3/c1-13-5-7-15(8-6-13)14(2)18-10-16(19)11-20-12-17-4-3-9-21-17/h3-9,14,16,18-19H,10-12H2,1-2H3. The van der Waals surface area contributed by atoms with Crippen LogP contribution in [0.3, 0.4) is 0 Å². The van der Waals surface area contributed by atoms with Gasteiger partial charge in [-0.1, -0.05) is 29.8 Å². The van der Waals surface area contributed by atoms with E-state index in [1.807, 2.05) is 12.1 Å². The first-order chi connectivity index (χ1) is 10.1. The van der Waals surface area contributed by atoms with Gasteiger partial charge in [0, 0.05) is 12.6 Å². The topological polar surface area (TPSA) is 54.6 Å². The summed E-state index contributed by atoms with van der Waals surface area (Å²) in [4.78, 5) is 0. The first-order valence-corrected chi connectivity index (χ1v) is 7.23. The van der Waals surface area contributed by atoms with Crippen molar-refractivity contribution in [1.29, 1.82) is 0 Å². The molecule has 1 aromatic carbocycles. The van der Waals surface area contributed by atoms with E-state index in [9.17, 15) is 5.11 Å². The number of aliphatic hydroxyl groups excluding tert-OH is 1. The van der Waals surface area contributed by atoms with E-state index in [0.717, 1.165) is 5.76 Å². The van der Waals surface area contributed by atoms with Crippen LogP contribution >= 0.6 is 0 Å². The molecular weight excluding hydrogens is 266 g/mol. The van der Waals surface area contributed by atoms with Crippen molar-refractivity contribution in [1.82, 2.24) is 5.32 Å². The predicted octanol–water partition coefficient (Wildman–Crippen LogP) is 2.82. The van der Waals surface area contributed by atoms with Gasteiger partial charge in [0.1, 0.15) is 12.4 Å². The molecule has 2 aromatic rings. The third kappa shape index (κ3) is 5.34. The molecule has 0 spiro atoms. The third-order valence-corrected chi connectivity index (χ3v) is 3.37. The van der Waals surface area contributed by atoms with E-state index < -0.39 is 6.10 Å². The van der Waals surface area contributed by atoms with E-state index >= 15 is 0 Å². The second-order valence-electron chi connectivity index (χ2n) is 5.29. The molecule has 0 bridgehead atoms. The molecule has 1 aromatic heterocycles. The molecule has 21 heavy (non-hydrogen) atoms. The second-order valence-corrected chi connectivity index (χ2v) is 5.29. The van der Waals surface area contributed by atoms with Gasteiger partial charge in [-0.3, -0.25) is 0 Å². The van der Waals surface area contributed by atoms with Crippen molar-refractivity contribution in [3.8, 4) is 0 Å². The Morgan fingerprint density at radius 1 is 1.24 bits per heavy atom. The highest BCUT2D eigenvalue weighted by Crippen LogP contribution is 2.12. The maximum Gasteiger partial charge on any atom is 0.129 e. The van der Waals surface area contributed by atoms with Crippen molar-refractivity contribution in [2.75, 3.05) is 13.2 Å². The maximum absolute atomic E-state index is 9.90. The first-order valence-electron chi connectivity index (χ1n) is 7.23. The van der Waals surface area contributed by atoms with Gasteiger partial charge in [-0.15, -0.1) is 0 Å². The Morgan fingerprint density at radius 3 is 2.67 bits per heavy atom. The van der Waals surface area contributed by atoms with Crippen molar-refractivity contribution in [2.24, 2.45) is 0 Å². The van der Waals surface area contributed by atoms with Gasteiger partial charge < -0.3 is 19.6 Å². The molecule has 2 atom stereocenters. The van der Waals surface area contributed by atoms with Gasteiger partial charge in [-0.05, 0) is 31.5 Å². The van der Waals surface area contributed by atoms with Gasteiger partial charge in [-0.25, -0.2) is 0 Å². The first kappa shape index (κ1) is 15.8. The van der Waals surface area contributed by atoms with Crippen LogP contribution in [0.15, 0.2) is 47.1 Å². The minimum absolute atomic E-state index is 0.199. The maximum atomic E-state index is 9.90. The minimum atomic E-state index is -0.534. The van der Waals surface area contributed by atoms with Gasteiger partial charge in [-0.2, -0.15) is 0 Å². The number of furan rings is 1. The molecule has 2 N–H and O–H groups in total. The van der Waals surface area contributed by atoms with Crippen molar-refractivity contribution in [3.05, 3.63) is 59.5 Å². The molecule has 4 heteroatoms. The van der Waals surface area contributed by atoms with Gasteiger partial charge in [0.15, 0.2) is 0 Å². The summed E-state index contributed by atoms with van der Waals surface area (Å²) in [6.07, 6.45) is 1.08. The molecule has 0 aliphatic rings. The second kappa shape index (κ2) is 7.98. The van der Waals surface area contributed by atoms with Crippen LogP contribution in [0.1, 0.15) is 29.9 Å². The van der Waals surface area contributed by atoms with E-state index in [-0.39, 0.29) is 12.6 Å². The SMILES string of the molecule is Cc1ccc(C(C)NCC(O)COCc2ccco2)cc1. The van der Waals surface area contributed by atoms with E-state index in [2.05, 4.69) is 43.4 Å². The Morgan fingerprint density at radius 2 is 2.00 bits per heavy atom. The molecule has 0 aliphatic carbocycles. The summed E-state index contributed by atoms with van der Waals surface area (Å²) in [6.45, 7) is 5.32. The van der Waals surface area contributed by atoms with E-state index in [0.29, 0.717) is 13.2 Å². The van der Waals surface area contributed by atoms with Crippen LogP contribution in [-0.4, -0.2) is 24.4 Å². The molecule has 4 nitrogen and oxygen atoms in total. The fraction of sp³-hybridized carbons (Fsp3) is 0.412. The summed E-state index contributed by atoms with van der Waals surface area (Å²) in [6, 6.07) is 12.3. The summed E-state index contributed by atoms with van der Waals surface area (Å²) >= 11 is 0. The van der Waals surface area contributed by atoms with Gasteiger partial charge in [0.25, 0.3) is 0 Å². The van der Waals surface area contributed by atoms with Crippen LogP contribution in [0.2, 0.25) is 0 Å². The Balaban J connectivity index is 1.66. The summed E-state index contributed by atoms with van der Waals surface area (Å²) in [5.41, 5.74) is 2.46. The quantitative estimate of drug-likeness (QED) is 0.784. The molecule has 0 radical (unpaired) electrons. The fourth-order valence-corrected chi connectivity index (χ4v) is 2.03. The summed E-state index contributed by atoms with van der Waals surface area (Å²) < 4.78 is 10.6. The van der Waals surface area contributed by atoms with Crippen molar-refractivity contribution in [3.63, 3.8) is 0 Å². The highest BCUT2D eigenvalue weighted by molar-refractivity contribution is 5.23. The minimum Gasteiger partial charge on any atom is -0.467 e. The molecule has 0 fully saturated rings. The molecule has 1 heterocycles. The molecule has 2 unspecified atom stereocenters. The van der Waals surface area contributed by atoms with Gasteiger partial charge in [0.2, 0.25) is 0 Å². The number of benzene rings is 1. The average Bonchev–Trinajstić information content (AvgIpc) is 2.99. The summed E-state index contributed by atoms with van der Waals surface area (Å²) in [5.74, 6) is 0.767. The van der Waals surface area contributed by atoms with Crippen LogP contribution in [0.4, 0.5) is 0 Å². The number of nitrogens with one attached hydrogen (secondary N) is 1. The molecule has 0 saturated carbocycles. The molecular formula is C17H23NO3. The zero-order valence-electron chi connectivity index (χ0n) is 12.6. The lowest BCUT2D eigenvalue weighted by atomic mass is 10.1. The van der Waals surface area contributed by atoms with Crippen LogP contribution in [0, 0.1) is 6.92 Å². The Bertz CT molecular complexity index is 507. The van der Waals surface area contributed by atoms with Crippen LogP contribution in [0.5, 0.6) is 0 Å². The normalized spacial score (nSPS) is 14.0. The highest BCUT2D eigenvalue weighted by atomic mass is 16.5.